The van der Waals surface area contributed by atoms with Crippen LogP contribution in [0.25, 0.3) is 0 Å². The molecule has 0 bridgehead atoms. The van der Waals surface area contributed by atoms with E-state index in [9.17, 15) is 9.18 Å². The molecule has 0 unspecified atom stereocenters. The molecule has 0 radical (unpaired) electrons. The highest BCUT2D eigenvalue weighted by atomic mass is 35.5. The third-order valence-electron chi connectivity index (χ3n) is 5.45. The van der Waals surface area contributed by atoms with Crippen molar-refractivity contribution in [3.63, 3.8) is 0 Å². The maximum atomic E-state index is 13.3. The van der Waals surface area contributed by atoms with Crippen LogP contribution in [0.1, 0.15) is 28.1 Å². The number of ether oxygens (including phenoxy) is 1. The number of nitrogens with one attached hydrogen (secondary N) is 1. The van der Waals surface area contributed by atoms with Gasteiger partial charge in [0.25, 0.3) is 0 Å². The second kappa shape index (κ2) is 9.08. The number of aromatic nitrogens is 2. The van der Waals surface area contributed by atoms with Crippen molar-refractivity contribution in [3.8, 4) is 0 Å². The third kappa shape index (κ3) is 4.89. The van der Waals surface area contributed by atoms with Gasteiger partial charge in [-0.3, -0.25) is 4.68 Å². The van der Waals surface area contributed by atoms with E-state index in [0.717, 1.165) is 28.1 Å². The van der Waals surface area contributed by atoms with Gasteiger partial charge in [0.1, 0.15) is 5.82 Å². The Labute approximate surface area is 185 Å². The van der Waals surface area contributed by atoms with E-state index in [1.165, 1.54) is 12.1 Å². The predicted molar refractivity (Wildman–Crippen MR) is 117 cm³/mol. The number of hydrogen-bond donors (Lipinski definition) is 1. The molecule has 3 aromatic rings. The number of carbonyl (C=O) groups excluding carboxylic acids is 1. The molecule has 162 valence electrons. The zero-order valence-corrected chi connectivity index (χ0v) is 18.2. The molecule has 0 atom stereocenters. The molecule has 1 aromatic heterocycles. The van der Waals surface area contributed by atoms with Crippen LogP contribution >= 0.6 is 11.6 Å². The molecular formula is C23H24ClFN4O2. The average molecular weight is 443 g/mol. The molecule has 2 heterocycles. The van der Waals surface area contributed by atoms with E-state index in [4.69, 9.17) is 16.3 Å². The number of carbonyl (C=O) groups is 1. The lowest BCUT2D eigenvalue weighted by atomic mass is 10.1. The number of fused-ring (bicyclic) bond motifs is 1. The van der Waals surface area contributed by atoms with E-state index in [1.807, 2.05) is 30.8 Å². The largest absolute Gasteiger partial charge is 0.370 e. The van der Waals surface area contributed by atoms with Gasteiger partial charge in [-0.05, 0) is 42.3 Å². The van der Waals surface area contributed by atoms with Crippen LogP contribution in [-0.4, -0.2) is 27.3 Å². The molecule has 0 spiro atoms. The summed E-state index contributed by atoms with van der Waals surface area (Å²) in [6.07, 6.45) is 0.713. The monoisotopic (exact) mass is 442 g/mol. The fourth-order valence-corrected chi connectivity index (χ4v) is 3.95. The summed E-state index contributed by atoms with van der Waals surface area (Å²) in [5.41, 5.74) is 5.32. The second-order valence-corrected chi connectivity index (χ2v) is 8.12. The van der Waals surface area contributed by atoms with Gasteiger partial charge in [0.05, 0.1) is 25.5 Å². The van der Waals surface area contributed by atoms with Crippen molar-refractivity contribution >= 4 is 23.3 Å². The van der Waals surface area contributed by atoms with Crippen LogP contribution in [0.5, 0.6) is 0 Å². The highest BCUT2D eigenvalue weighted by Crippen LogP contribution is 2.25. The standard InChI is InChI=1S/C23H24ClFN4O2/c1-15-6-7-17(24)11-20(15)26-23(30)29-9-8-22-19(12-29)21(27-28(22)2)14-31-13-16-4-3-5-18(25)10-16/h3-7,10-11H,8-9,12-14H2,1-2H3,(H,26,30). The molecule has 0 saturated carbocycles. The molecule has 0 aliphatic carbocycles. The summed E-state index contributed by atoms with van der Waals surface area (Å²) < 4.78 is 21.0. The van der Waals surface area contributed by atoms with Gasteiger partial charge in [-0.25, -0.2) is 9.18 Å². The number of halogens is 2. The SMILES string of the molecule is Cc1ccc(Cl)cc1NC(=O)N1CCc2c(c(COCc3cccc(F)c3)nn2C)C1. The lowest BCUT2D eigenvalue weighted by Crippen LogP contribution is -2.39. The molecule has 0 saturated heterocycles. The summed E-state index contributed by atoms with van der Waals surface area (Å²) in [7, 11) is 1.90. The van der Waals surface area contributed by atoms with Gasteiger partial charge in [0, 0.05) is 42.0 Å². The lowest BCUT2D eigenvalue weighted by molar-refractivity contribution is 0.103. The molecule has 4 rings (SSSR count). The molecule has 6 nitrogen and oxygen atoms in total. The van der Waals surface area contributed by atoms with Crippen molar-refractivity contribution in [1.29, 1.82) is 0 Å². The van der Waals surface area contributed by atoms with Crippen LogP contribution in [0.4, 0.5) is 14.9 Å². The molecular weight excluding hydrogens is 419 g/mol. The zero-order chi connectivity index (χ0) is 22.0. The second-order valence-electron chi connectivity index (χ2n) is 7.68. The van der Waals surface area contributed by atoms with Crippen LogP contribution < -0.4 is 5.32 Å². The summed E-state index contributed by atoms with van der Waals surface area (Å²) in [6, 6.07) is 11.6. The van der Waals surface area contributed by atoms with E-state index < -0.39 is 0 Å². The normalized spacial score (nSPS) is 13.2. The van der Waals surface area contributed by atoms with Gasteiger partial charge in [0.15, 0.2) is 0 Å². The molecule has 2 amide bonds. The van der Waals surface area contributed by atoms with Crippen molar-refractivity contribution in [2.24, 2.45) is 7.05 Å². The first-order valence-corrected chi connectivity index (χ1v) is 10.5. The Morgan fingerprint density at radius 3 is 2.90 bits per heavy atom. The van der Waals surface area contributed by atoms with E-state index in [-0.39, 0.29) is 11.8 Å². The van der Waals surface area contributed by atoms with Gasteiger partial charge in [0.2, 0.25) is 0 Å². The number of aryl methyl sites for hydroxylation is 2. The number of rotatable bonds is 5. The summed E-state index contributed by atoms with van der Waals surface area (Å²) in [4.78, 5) is 14.6. The highest BCUT2D eigenvalue weighted by Gasteiger charge is 2.27. The maximum absolute atomic E-state index is 13.3. The lowest BCUT2D eigenvalue weighted by Gasteiger charge is -2.28. The van der Waals surface area contributed by atoms with E-state index in [0.29, 0.717) is 43.4 Å². The van der Waals surface area contributed by atoms with E-state index in [2.05, 4.69) is 10.4 Å². The summed E-state index contributed by atoms with van der Waals surface area (Å²) in [5, 5.41) is 8.12. The molecule has 2 aromatic carbocycles. The molecule has 31 heavy (non-hydrogen) atoms. The van der Waals surface area contributed by atoms with Gasteiger partial charge >= 0.3 is 6.03 Å². The Morgan fingerprint density at radius 2 is 2.10 bits per heavy atom. The van der Waals surface area contributed by atoms with Gasteiger partial charge in [-0.15, -0.1) is 0 Å². The number of urea groups is 1. The third-order valence-corrected chi connectivity index (χ3v) is 5.69. The summed E-state index contributed by atoms with van der Waals surface area (Å²) in [5.74, 6) is -0.284. The Bertz CT molecular complexity index is 1110. The van der Waals surface area contributed by atoms with Crippen molar-refractivity contribution in [1.82, 2.24) is 14.7 Å². The number of nitrogens with zero attached hydrogens (tertiary/aromatic N) is 3. The fourth-order valence-electron chi connectivity index (χ4n) is 3.77. The molecule has 1 N–H and O–H groups in total. The minimum atomic E-state index is -0.284. The number of anilines is 1. The topological polar surface area (TPSA) is 59.4 Å². The van der Waals surface area contributed by atoms with Crippen molar-refractivity contribution < 1.29 is 13.9 Å². The first kappa shape index (κ1) is 21.3. The molecule has 1 aliphatic rings. The smallest absolute Gasteiger partial charge is 0.322 e. The maximum Gasteiger partial charge on any atom is 0.322 e. The van der Waals surface area contributed by atoms with Crippen LogP contribution in [0, 0.1) is 12.7 Å². The summed E-state index contributed by atoms with van der Waals surface area (Å²) in [6.45, 7) is 3.56. The number of benzene rings is 2. The summed E-state index contributed by atoms with van der Waals surface area (Å²) >= 11 is 6.07. The Hall–Kier alpha value is -2.90. The first-order valence-electron chi connectivity index (χ1n) is 10.1. The Morgan fingerprint density at radius 1 is 1.26 bits per heavy atom. The van der Waals surface area contributed by atoms with Crippen LogP contribution in [0.15, 0.2) is 42.5 Å². The van der Waals surface area contributed by atoms with Crippen LogP contribution in [0.2, 0.25) is 5.02 Å². The highest BCUT2D eigenvalue weighted by molar-refractivity contribution is 6.31. The fraction of sp³-hybridized carbons (Fsp3) is 0.304. The number of amides is 2. The van der Waals surface area contributed by atoms with Gasteiger partial charge in [-0.1, -0.05) is 29.8 Å². The van der Waals surface area contributed by atoms with Gasteiger partial charge < -0.3 is 15.0 Å². The Balaban J connectivity index is 1.43. The molecule has 0 fully saturated rings. The average Bonchev–Trinajstić information content (AvgIpc) is 3.06. The predicted octanol–water partition coefficient (Wildman–Crippen LogP) is 4.83. The molecule has 8 heteroatoms. The van der Waals surface area contributed by atoms with Crippen LogP contribution in [0.3, 0.4) is 0 Å². The molecule has 1 aliphatic heterocycles. The van der Waals surface area contributed by atoms with Crippen molar-refractivity contribution in [3.05, 3.63) is 81.4 Å². The van der Waals surface area contributed by atoms with Crippen molar-refractivity contribution in [2.45, 2.75) is 33.1 Å². The van der Waals surface area contributed by atoms with Crippen molar-refractivity contribution in [2.75, 3.05) is 11.9 Å². The van der Waals surface area contributed by atoms with E-state index in [1.54, 1.807) is 23.1 Å². The Kier molecular flexibility index (Phi) is 6.25. The quantitative estimate of drug-likeness (QED) is 0.615. The minimum Gasteiger partial charge on any atom is -0.370 e. The minimum absolute atomic E-state index is 0.175. The van der Waals surface area contributed by atoms with E-state index >= 15 is 0 Å². The van der Waals surface area contributed by atoms with Crippen LogP contribution in [-0.2, 0) is 38.0 Å². The zero-order valence-electron chi connectivity index (χ0n) is 17.5. The number of hydrogen-bond acceptors (Lipinski definition) is 3. The first-order chi connectivity index (χ1) is 14.9. The van der Waals surface area contributed by atoms with Gasteiger partial charge in [-0.2, -0.15) is 5.10 Å².